The molecule has 1 heterocycles. The molecule has 1 nitrogen and oxygen atoms in total. The summed E-state index contributed by atoms with van der Waals surface area (Å²) in [5, 5.41) is 0. The monoisotopic (exact) mass is 141 g/mol. The second kappa shape index (κ2) is 3.97. The summed E-state index contributed by atoms with van der Waals surface area (Å²) in [6.07, 6.45) is 5.60. The smallest absolute Gasteiger partial charge is 0.0580 e. The van der Waals surface area contributed by atoms with E-state index in [-0.39, 0.29) is 0 Å². The van der Waals surface area contributed by atoms with E-state index in [9.17, 15) is 0 Å². The first-order valence-electron chi connectivity index (χ1n) is 4.19. The zero-order chi connectivity index (χ0) is 7.40. The standard InChI is InChI=1S/C9H17O/c1-8(2)7-9-5-3-4-6-10-9/h9H,3-7H2,1-2H3. The van der Waals surface area contributed by atoms with Gasteiger partial charge < -0.3 is 4.74 Å². The summed E-state index contributed by atoms with van der Waals surface area (Å²) in [4.78, 5) is 0. The van der Waals surface area contributed by atoms with E-state index in [0.29, 0.717) is 6.10 Å². The maximum absolute atomic E-state index is 5.57. The first-order chi connectivity index (χ1) is 4.79. The minimum absolute atomic E-state index is 0.541. The van der Waals surface area contributed by atoms with Crippen LogP contribution in [-0.2, 0) is 4.74 Å². The Morgan fingerprint density at radius 3 is 2.70 bits per heavy atom. The van der Waals surface area contributed by atoms with Crippen LogP contribution in [0.5, 0.6) is 0 Å². The number of rotatable bonds is 2. The fraction of sp³-hybridized carbons (Fsp3) is 0.889. The van der Waals surface area contributed by atoms with Gasteiger partial charge in [0.1, 0.15) is 0 Å². The SMILES string of the molecule is C[C](C)CC1CCCCO1. The van der Waals surface area contributed by atoms with Crippen molar-refractivity contribution >= 4 is 0 Å². The van der Waals surface area contributed by atoms with Crippen molar-refractivity contribution in [2.75, 3.05) is 6.61 Å². The van der Waals surface area contributed by atoms with Crippen LogP contribution in [0.15, 0.2) is 0 Å². The van der Waals surface area contributed by atoms with Crippen LogP contribution in [-0.4, -0.2) is 12.7 Å². The van der Waals surface area contributed by atoms with Gasteiger partial charge in [0.05, 0.1) is 6.10 Å². The Morgan fingerprint density at radius 1 is 1.40 bits per heavy atom. The van der Waals surface area contributed by atoms with Gasteiger partial charge in [-0.3, -0.25) is 0 Å². The van der Waals surface area contributed by atoms with Crippen LogP contribution in [0.25, 0.3) is 0 Å². The highest BCUT2D eigenvalue weighted by atomic mass is 16.5. The van der Waals surface area contributed by atoms with Gasteiger partial charge in [-0.1, -0.05) is 13.8 Å². The maximum atomic E-state index is 5.57. The molecule has 1 aliphatic heterocycles. The minimum atomic E-state index is 0.541. The molecule has 1 unspecified atom stereocenters. The molecule has 0 spiro atoms. The lowest BCUT2D eigenvalue weighted by Crippen LogP contribution is -2.20. The zero-order valence-corrected chi connectivity index (χ0v) is 7.02. The first kappa shape index (κ1) is 8.06. The summed E-state index contributed by atoms with van der Waals surface area (Å²) >= 11 is 0. The molecule has 1 radical (unpaired) electrons. The normalized spacial score (nSPS) is 27.3. The van der Waals surface area contributed by atoms with Crippen molar-refractivity contribution < 1.29 is 4.74 Å². The summed E-state index contributed by atoms with van der Waals surface area (Å²) in [6.45, 7) is 5.34. The van der Waals surface area contributed by atoms with E-state index in [0.717, 1.165) is 6.61 Å². The second-order valence-electron chi connectivity index (χ2n) is 3.40. The lowest BCUT2D eigenvalue weighted by molar-refractivity contribution is 0.0139. The number of ether oxygens (including phenoxy) is 1. The average molecular weight is 141 g/mol. The van der Waals surface area contributed by atoms with Crippen LogP contribution >= 0.6 is 0 Å². The minimum Gasteiger partial charge on any atom is -0.378 e. The maximum Gasteiger partial charge on any atom is 0.0580 e. The van der Waals surface area contributed by atoms with Crippen LogP contribution in [0, 0.1) is 5.92 Å². The van der Waals surface area contributed by atoms with Gasteiger partial charge in [-0.25, -0.2) is 0 Å². The van der Waals surface area contributed by atoms with Gasteiger partial charge in [-0.05, 0) is 31.6 Å². The highest BCUT2D eigenvalue weighted by molar-refractivity contribution is 4.82. The zero-order valence-electron chi connectivity index (χ0n) is 7.02. The van der Waals surface area contributed by atoms with Gasteiger partial charge in [-0.15, -0.1) is 0 Å². The van der Waals surface area contributed by atoms with Gasteiger partial charge in [0.25, 0.3) is 0 Å². The molecule has 0 aliphatic carbocycles. The molecule has 1 aliphatic rings. The number of hydrogen-bond donors (Lipinski definition) is 0. The van der Waals surface area contributed by atoms with Crippen LogP contribution in [0.3, 0.4) is 0 Å². The third-order valence-corrected chi connectivity index (χ3v) is 1.91. The number of hydrogen-bond acceptors (Lipinski definition) is 1. The molecule has 0 aromatic rings. The summed E-state index contributed by atoms with van der Waals surface area (Å²) in [5.74, 6) is 1.49. The Hall–Kier alpha value is -0.0400. The summed E-state index contributed by atoms with van der Waals surface area (Å²) in [7, 11) is 0. The average Bonchev–Trinajstić information content (AvgIpc) is 1.88. The molecule has 59 valence electrons. The van der Waals surface area contributed by atoms with Crippen molar-refractivity contribution in [1.82, 2.24) is 0 Å². The van der Waals surface area contributed by atoms with Crippen molar-refractivity contribution in [3.8, 4) is 0 Å². The highest BCUT2D eigenvalue weighted by Gasteiger charge is 2.14. The molecule has 1 fully saturated rings. The fourth-order valence-electron chi connectivity index (χ4n) is 1.42. The van der Waals surface area contributed by atoms with Crippen LogP contribution in [0.4, 0.5) is 0 Å². The first-order valence-corrected chi connectivity index (χ1v) is 4.19. The van der Waals surface area contributed by atoms with Crippen LogP contribution < -0.4 is 0 Å². The molecule has 10 heavy (non-hydrogen) atoms. The third kappa shape index (κ3) is 2.70. The van der Waals surface area contributed by atoms with Crippen molar-refractivity contribution in [2.24, 2.45) is 0 Å². The van der Waals surface area contributed by atoms with Crippen LogP contribution in [0.2, 0.25) is 0 Å². The van der Waals surface area contributed by atoms with Gasteiger partial charge in [0.15, 0.2) is 0 Å². The molecule has 0 N–H and O–H groups in total. The lowest BCUT2D eigenvalue weighted by Gasteiger charge is -2.23. The predicted molar refractivity (Wildman–Crippen MR) is 42.8 cm³/mol. The molecule has 0 bridgehead atoms. The van der Waals surface area contributed by atoms with Gasteiger partial charge in [0.2, 0.25) is 0 Å². The second-order valence-corrected chi connectivity index (χ2v) is 3.40. The summed E-state index contributed by atoms with van der Waals surface area (Å²) in [5.41, 5.74) is 0. The van der Waals surface area contributed by atoms with Crippen molar-refractivity contribution in [3.05, 3.63) is 5.92 Å². The molecule has 1 atom stereocenters. The van der Waals surface area contributed by atoms with E-state index in [4.69, 9.17) is 4.74 Å². The van der Waals surface area contributed by atoms with E-state index in [1.807, 2.05) is 0 Å². The molecule has 0 aromatic heterocycles. The molecule has 0 amide bonds. The molecule has 1 rings (SSSR count). The third-order valence-electron chi connectivity index (χ3n) is 1.91. The molecular weight excluding hydrogens is 124 g/mol. The van der Waals surface area contributed by atoms with Gasteiger partial charge in [-0.2, -0.15) is 0 Å². The molecular formula is C9H17O. The Labute approximate surface area is 63.8 Å². The van der Waals surface area contributed by atoms with Crippen molar-refractivity contribution in [1.29, 1.82) is 0 Å². The lowest BCUT2D eigenvalue weighted by atomic mass is 10.00. The Balaban J connectivity index is 2.13. The Kier molecular flexibility index (Phi) is 3.20. The van der Waals surface area contributed by atoms with Crippen molar-refractivity contribution in [2.45, 2.75) is 45.6 Å². The molecule has 0 saturated carbocycles. The molecule has 1 heteroatoms. The van der Waals surface area contributed by atoms with E-state index < -0.39 is 0 Å². The van der Waals surface area contributed by atoms with E-state index in [2.05, 4.69) is 13.8 Å². The van der Waals surface area contributed by atoms with Gasteiger partial charge in [0, 0.05) is 6.61 Å². The van der Waals surface area contributed by atoms with Crippen LogP contribution in [0.1, 0.15) is 39.5 Å². The highest BCUT2D eigenvalue weighted by Crippen LogP contribution is 2.19. The van der Waals surface area contributed by atoms with Crippen molar-refractivity contribution in [3.63, 3.8) is 0 Å². The predicted octanol–water partition coefficient (Wildman–Crippen LogP) is 2.56. The topological polar surface area (TPSA) is 9.23 Å². The Bertz CT molecular complexity index is 82.7. The summed E-state index contributed by atoms with van der Waals surface area (Å²) in [6, 6.07) is 0. The molecule has 0 aromatic carbocycles. The van der Waals surface area contributed by atoms with E-state index in [1.54, 1.807) is 0 Å². The Morgan fingerprint density at radius 2 is 2.20 bits per heavy atom. The largest absolute Gasteiger partial charge is 0.378 e. The fourth-order valence-corrected chi connectivity index (χ4v) is 1.42. The quantitative estimate of drug-likeness (QED) is 0.574. The summed E-state index contributed by atoms with van der Waals surface area (Å²) < 4.78 is 5.57. The van der Waals surface area contributed by atoms with E-state index in [1.165, 1.54) is 31.6 Å². The van der Waals surface area contributed by atoms with E-state index >= 15 is 0 Å². The van der Waals surface area contributed by atoms with Gasteiger partial charge >= 0.3 is 0 Å². The molecule has 1 saturated heterocycles.